The van der Waals surface area contributed by atoms with E-state index in [0.717, 1.165) is 17.4 Å². The molecule has 0 radical (unpaired) electrons. The summed E-state index contributed by atoms with van der Waals surface area (Å²) in [6.45, 7) is 0. The van der Waals surface area contributed by atoms with Gasteiger partial charge in [-0.1, -0.05) is 18.3 Å². The minimum absolute atomic E-state index is 0.00968. The minimum atomic E-state index is -3.89. The fraction of sp³-hybridized carbons (Fsp3) is 0. The predicted octanol–water partition coefficient (Wildman–Crippen LogP) is 3.08. The van der Waals surface area contributed by atoms with Crippen molar-refractivity contribution in [3.8, 4) is 0 Å². The molecule has 0 spiro atoms. The lowest BCUT2D eigenvalue weighted by Crippen LogP contribution is -2.13. The summed E-state index contributed by atoms with van der Waals surface area (Å²) in [6.07, 6.45) is 0. The normalized spacial score (nSPS) is 11.3. The molecule has 0 saturated carbocycles. The van der Waals surface area contributed by atoms with Gasteiger partial charge in [0.25, 0.3) is 10.0 Å². The van der Waals surface area contributed by atoms with Crippen molar-refractivity contribution in [3.63, 3.8) is 0 Å². The molecule has 2 aromatic rings. The minimum Gasteiger partial charge on any atom is -0.389 e. The molecular formula is C11H8BrFN2O2S3. The van der Waals surface area contributed by atoms with Crippen molar-refractivity contribution >= 4 is 60.2 Å². The van der Waals surface area contributed by atoms with Crippen molar-refractivity contribution < 1.29 is 12.8 Å². The molecule has 20 heavy (non-hydrogen) atoms. The molecule has 0 fully saturated rings. The van der Waals surface area contributed by atoms with Crippen LogP contribution in [0.4, 0.5) is 10.1 Å². The summed E-state index contributed by atoms with van der Waals surface area (Å²) < 4.78 is 40.5. The largest absolute Gasteiger partial charge is 0.389 e. The number of rotatable bonds is 4. The number of anilines is 1. The summed E-state index contributed by atoms with van der Waals surface area (Å²) in [5, 5.41) is 0. The molecule has 9 heteroatoms. The standard InChI is InChI=1S/C11H8BrFN2O2S3/c12-6-2-1-3-7(13)10(6)15-20(16,17)9-5-4-8(19-9)11(14)18/h1-5,15H,(H2,14,18). The molecule has 0 aliphatic heterocycles. The molecule has 1 heterocycles. The zero-order valence-corrected chi connectivity index (χ0v) is 13.8. The number of hydrogen-bond acceptors (Lipinski definition) is 4. The van der Waals surface area contributed by atoms with E-state index >= 15 is 0 Å². The highest BCUT2D eigenvalue weighted by atomic mass is 79.9. The molecule has 1 aromatic carbocycles. The van der Waals surface area contributed by atoms with Crippen LogP contribution < -0.4 is 10.5 Å². The molecule has 1 aromatic heterocycles. The van der Waals surface area contributed by atoms with Gasteiger partial charge in [-0.15, -0.1) is 11.3 Å². The Labute approximate surface area is 133 Å². The zero-order chi connectivity index (χ0) is 14.9. The van der Waals surface area contributed by atoms with Crippen LogP contribution in [0.1, 0.15) is 4.88 Å². The Morgan fingerprint density at radius 2 is 2.05 bits per heavy atom. The fourth-order valence-electron chi connectivity index (χ4n) is 1.38. The predicted molar refractivity (Wildman–Crippen MR) is 85.1 cm³/mol. The first kappa shape index (κ1) is 15.4. The van der Waals surface area contributed by atoms with Gasteiger partial charge in [0, 0.05) is 4.47 Å². The molecule has 0 amide bonds. The molecular weight excluding hydrogens is 387 g/mol. The van der Waals surface area contributed by atoms with Gasteiger partial charge in [-0.05, 0) is 40.2 Å². The van der Waals surface area contributed by atoms with Gasteiger partial charge in [0.2, 0.25) is 0 Å². The van der Waals surface area contributed by atoms with Gasteiger partial charge in [-0.3, -0.25) is 4.72 Å². The number of thiocarbonyl (C=S) groups is 1. The molecule has 0 aliphatic rings. The van der Waals surface area contributed by atoms with E-state index in [0.29, 0.717) is 9.35 Å². The Morgan fingerprint density at radius 3 is 2.60 bits per heavy atom. The highest BCUT2D eigenvalue weighted by molar-refractivity contribution is 9.10. The van der Waals surface area contributed by atoms with Crippen molar-refractivity contribution in [2.75, 3.05) is 4.72 Å². The summed E-state index contributed by atoms with van der Waals surface area (Å²) in [5.74, 6) is -0.672. The third kappa shape index (κ3) is 3.17. The molecule has 2 rings (SSSR count). The van der Waals surface area contributed by atoms with E-state index < -0.39 is 15.8 Å². The monoisotopic (exact) mass is 394 g/mol. The van der Waals surface area contributed by atoms with Crippen LogP contribution in [0.3, 0.4) is 0 Å². The maximum absolute atomic E-state index is 13.6. The van der Waals surface area contributed by atoms with E-state index in [2.05, 4.69) is 20.7 Å². The van der Waals surface area contributed by atoms with E-state index in [-0.39, 0.29) is 14.9 Å². The van der Waals surface area contributed by atoms with Crippen LogP contribution in [0.15, 0.2) is 39.0 Å². The number of nitrogens with two attached hydrogens (primary N) is 1. The van der Waals surface area contributed by atoms with Crippen molar-refractivity contribution in [2.24, 2.45) is 5.73 Å². The average molecular weight is 395 g/mol. The first-order valence-corrected chi connectivity index (χ1v) is 8.68. The number of nitrogens with one attached hydrogen (secondary N) is 1. The van der Waals surface area contributed by atoms with Gasteiger partial charge in [0.1, 0.15) is 15.0 Å². The van der Waals surface area contributed by atoms with Crippen LogP contribution >= 0.6 is 39.5 Å². The topological polar surface area (TPSA) is 72.2 Å². The van der Waals surface area contributed by atoms with E-state index in [9.17, 15) is 12.8 Å². The molecule has 4 nitrogen and oxygen atoms in total. The Hall–Kier alpha value is -1.03. The Bertz CT molecular complexity index is 753. The van der Waals surface area contributed by atoms with Crippen molar-refractivity contribution in [2.45, 2.75) is 4.21 Å². The van der Waals surface area contributed by atoms with E-state index in [4.69, 9.17) is 18.0 Å². The number of para-hydroxylation sites is 1. The Morgan fingerprint density at radius 1 is 1.35 bits per heavy atom. The number of thiophene rings is 1. The van der Waals surface area contributed by atoms with Crippen LogP contribution in [0, 0.1) is 5.82 Å². The third-order valence-corrected chi connectivity index (χ3v) is 6.26. The van der Waals surface area contributed by atoms with E-state index in [1.54, 1.807) is 0 Å². The van der Waals surface area contributed by atoms with Crippen LogP contribution in [-0.2, 0) is 10.0 Å². The van der Waals surface area contributed by atoms with Crippen LogP contribution in [0.5, 0.6) is 0 Å². The van der Waals surface area contributed by atoms with Gasteiger partial charge in [0.05, 0.1) is 10.6 Å². The molecule has 0 atom stereocenters. The van der Waals surface area contributed by atoms with Crippen molar-refractivity contribution in [3.05, 3.63) is 45.5 Å². The van der Waals surface area contributed by atoms with E-state index in [1.807, 2.05) is 0 Å². The Balaban J connectivity index is 2.38. The van der Waals surface area contributed by atoms with Gasteiger partial charge >= 0.3 is 0 Å². The average Bonchev–Trinajstić information content (AvgIpc) is 2.84. The van der Waals surface area contributed by atoms with Gasteiger partial charge in [-0.2, -0.15) is 0 Å². The van der Waals surface area contributed by atoms with Crippen LogP contribution in [0.2, 0.25) is 0 Å². The number of benzene rings is 1. The van der Waals surface area contributed by atoms with Crippen LogP contribution in [-0.4, -0.2) is 13.4 Å². The molecule has 0 saturated heterocycles. The Kier molecular flexibility index (Phi) is 4.43. The summed E-state index contributed by atoms with van der Waals surface area (Å²) in [6, 6.07) is 7.05. The fourth-order valence-corrected chi connectivity index (χ4v) is 4.39. The van der Waals surface area contributed by atoms with Gasteiger partial charge in [-0.25, -0.2) is 12.8 Å². The van der Waals surface area contributed by atoms with Crippen LogP contribution in [0.25, 0.3) is 0 Å². The second kappa shape index (κ2) is 5.76. The number of halogens is 2. The quantitative estimate of drug-likeness (QED) is 0.781. The molecule has 106 valence electrons. The summed E-state index contributed by atoms with van der Waals surface area (Å²) in [7, 11) is -3.89. The second-order valence-electron chi connectivity index (χ2n) is 3.69. The maximum Gasteiger partial charge on any atom is 0.271 e. The lowest BCUT2D eigenvalue weighted by Gasteiger charge is -2.09. The summed E-state index contributed by atoms with van der Waals surface area (Å²) in [4.78, 5) is 0.594. The summed E-state index contributed by atoms with van der Waals surface area (Å²) in [5.41, 5.74) is 5.29. The molecule has 0 aliphatic carbocycles. The lowest BCUT2D eigenvalue weighted by atomic mass is 10.3. The van der Waals surface area contributed by atoms with Gasteiger partial charge in [0.15, 0.2) is 0 Å². The number of sulfonamides is 1. The molecule has 0 bridgehead atoms. The first-order valence-electron chi connectivity index (χ1n) is 5.18. The van der Waals surface area contributed by atoms with Crippen molar-refractivity contribution in [1.82, 2.24) is 0 Å². The maximum atomic E-state index is 13.6. The van der Waals surface area contributed by atoms with E-state index in [1.165, 1.54) is 24.3 Å². The lowest BCUT2D eigenvalue weighted by molar-refractivity contribution is 0.600. The molecule has 3 N–H and O–H groups in total. The summed E-state index contributed by atoms with van der Waals surface area (Å²) >= 11 is 8.80. The highest BCUT2D eigenvalue weighted by Crippen LogP contribution is 2.29. The third-order valence-electron chi connectivity index (χ3n) is 2.29. The smallest absolute Gasteiger partial charge is 0.271 e. The van der Waals surface area contributed by atoms with Gasteiger partial charge < -0.3 is 5.73 Å². The SMILES string of the molecule is NC(=S)c1ccc(S(=O)(=O)Nc2c(F)cccc2Br)s1. The zero-order valence-electron chi connectivity index (χ0n) is 9.76. The highest BCUT2D eigenvalue weighted by Gasteiger charge is 2.20. The first-order chi connectivity index (χ1) is 9.31. The number of hydrogen-bond donors (Lipinski definition) is 2. The molecule has 0 unspecified atom stereocenters. The van der Waals surface area contributed by atoms with Crippen molar-refractivity contribution in [1.29, 1.82) is 0 Å². The second-order valence-corrected chi connectivity index (χ2v) is 7.97.